The molecule has 150 valence electrons. The molecule has 0 N–H and O–H groups in total. The van der Waals surface area contributed by atoms with Crippen molar-refractivity contribution in [3.05, 3.63) is 11.9 Å². The molecule has 3 aliphatic heterocycles. The molecule has 27 heavy (non-hydrogen) atoms. The molecule has 4 rings (SSSR count). The van der Waals surface area contributed by atoms with Crippen molar-refractivity contribution >= 4 is 15.9 Å². The number of rotatable bonds is 3. The summed E-state index contributed by atoms with van der Waals surface area (Å²) in [6.07, 6.45) is 5.28. The van der Waals surface area contributed by atoms with Crippen LogP contribution in [0.4, 0.5) is 0 Å². The molecule has 3 fully saturated rings. The Kier molecular flexibility index (Phi) is 5.02. The third-order valence-electron chi connectivity index (χ3n) is 6.44. The highest BCUT2D eigenvalue weighted by molar-refractivity contribution is 7.89. The molecule has 9 heteroatoms. The summed E-state index contributed by atoms with van der Waals surface area (Å²) in [5.74, 6) is -0.109. The molecule has 3 aliphatic rings. The quantitative estimate of drug-likeness (QED) is 0.742. The van der Waals surface area contributed by atoms with Gasteiger partial charge in [0.05, 0.1) is 17.8 Å². The van der Waals surface area contributed by atoms with Gasteiger partial charge in [-0.15, -0.1) is 0 Å². The van der Waals surface area contributed by atoms with Crippen molar-refractivity contribution in [3.8, 4) is 0 Å². The van der Waals surface area contributed by atoms with Crippen LogP contribution in [0.25, 0.3) is 0 Å². The lowest BCUT2D eigenvalue weighted by molar-refractivity contribution is -0.139. The van der Waals surface area contributed by atoms with E-state index in [2.05, 4.69) is 10.00 Å². The lowest BCUT2D eigenvalue weighted by atomic mass is 9.97. The Bertz CT molecular complexity index is 821. The second kappa shape index (κ2) is 7.18. The summed E-state index contributed by atoms with van der Waals surface area (Å²) >= 11 is 0. The van der Waals surface area contributed by atoms with Crippen LogP contribution in [-0.2, 0) is 21.9 Å². The van der Waals surface area contributed by atoms with Crippen LogP contribution in [0, 0.1) is 12.8 Å². The van der Waals surface area contributed by atoms with Crippen LogP contribution in [-0.4, -0.2) is 83.5 Å². The van der Waals surface area contributed by atoms with Crippen molar-refractivity contribution in [2.75, 3.05) is 39.3 Å². The van der Waals surface area contributed by atoms with Crippen LogP contribution in [0.2, 0.25) is 0 Å². The first-order chi connectivity index (χ1) is 12.9. The van der Waals surface area contributed by atoms with E-state index >= 15 is 0 Å². The van der Waals surface area contributed by atoms with Gasteiger partial charge in [0.15, 0.2) is 0 Å². The van der Waals surface area contributed by atoms with Gasteiger partial charge in [-0.25, -0.2) is 8.42 Å². The van der Waals surface area contributed by atoms with Gasteiger partial charge in [-0.05, 0) is 39.2 Å². The third kappa shape index (κ3) is 3.40. The normalized spacial score (nSPS) is 27.7. The Morgan fingerprint density at radius 3 is 2.63 bits per heavy atom. The van der Waals surface area contributed by atoms with E-state index in [9.17, 15) is 13.2 Å². The maximum absolute atomic E-state index is 13.1. The fourth-order valence-electron chi connectivity index (χ4n) is 4.68. The van der Waals surface area contributed by atoms with E-state index in [-0.39, 0.29) is 23.3 Å². The molecule has 1 aromatic rings. The number of hydrogen-bond donors (Lipinski definition) is 0. The van der Waals surface area contributed by atoms with Gasteiger partial charge in [-0.2, -0.15) is 9.40 Å². The molecule has 0 unspecified atom stereocenters. The van der Waals surface area contributed by atoms with Crippen molar-refractivity contribution < 1.29 is 13.2 Å². The summed E-state index contributed by atoms with van der Waals surface area (Å²) in [5.41, 5.74) is 0.626. The number of piperidine rings is 1. The molecule has 0 bridgehead atoms. The molecule has 8 nitrogen and oxygen atoms in total. The second-order valence-electron chi connectivity index (χ2n) is 8.04. The van der Waals surface area contributed by atoms with Crippen LogP contribution >= 0.6 is 0 Å². The lowest BCUT2D eigenvalue weighted by Gasteiger charge is -2.40. The number of carbonyl (C=O) groups is 1. The number of piperazine rings is 1. The molecule has 1 aromatic heterocycles. The SMILES string of the molecule is Cc1c(S(=O)(=O)N2CCC[C@H](C(=O)N3CCN4CCC[C@H]4C3)C2)cnn1C. The van der Waals surface area contributed by atoms with Gasteiger partial charge in [-0.1, -0.05) is 0 Å². The molecule has 0 aliphatic carbocycles. The van der Waals surface area contributed by atoms with E-state index in [0.29, 0.717) is 18.3 Å². The van der Waals surface area contributed by atoms with Crippen LogP contribution in [0.15, 0.2) is 11.1 Å². The monoisotopic (exact) mass is 395 g/mol. The Morgan fingerprint density at radius 2 is 1.89 bits per heavy atom. The zero-order valence-corrected chi connectivity index (χ0v) is 17.0. The summed E-state index contributed by atoms with van der Waals surface area (Å²) in [5, 5.41) is 4.07. The van der Waals surface area contributed by atoms with Crippen LogP contribution in [0.1, 0.15) is 31.4 Å². The van der Waals surface area contributed by atoms with Crippen molar-refractivity contribution in [1.29, 1.82) is 0 Å². The Morgan fingerprint density at radius 1 is 1.11 bits per heavy atom. The second-order valence-corrected chi connectivity index (χ2v) is 9.94. The molecule has 1 amide bonds. The number of aromatic nitrogens is 2. The standard InChI is InChI=1S/C18H29N5O3S/c1-14-17(11-19-20(14)2)27(25,26)23-8-3-5-15(12-23)18(24)22-10-9-21-7-4-6-16(21)13-22/h11,15-16H,3-10,12-13H2,1-2H3/t15-,16-/m0/s1. The van der Waals surface area contributed by atoms with Gasteiger partial charge < -0.3 is 4.90 Å². The summed E-state index contributed by atoms with van der Waals surface area (Å²) in [4.78, 5) is 17.8. The zero-order chi connectivity index (χ0) is 19.2. The van der Waals surface area contributed by atoms with Gasteiger partial charge in [0.25, 0.3) is 0 Å². The first-order valence-electron chi connectivity index (χ1n) is 9.89. The van der Waals surface area contributed by atoms with Crippen LogP contribution < -0.4 is 0 Å². The molecule has 3 saturated heterocycles. The third-order valence-corrected chi connectivity index (χ3v) is 8.41. The lowest BCUT2D eigenvalue weighted by Crippen LogP contribution is -2.55. The molecular weight excluding hydrogens is 366 g/mol. The maximum Gasteiger partial charge on any atom is 0.246 e. The maximum atomic E-state index is 13.1. The fraction of sp³-hybridized carbons (Fsp3) is 0.778. The fourth-order valence-corrected chi connectivity index (χ4v) is 6.39. The topological polar surface area (TPSA) is 78.8 Å². The minimum atomic E-state index is -3.61. The highest BCUT2D eigenvalue weighted by Crippen LogP contribution is 2.28. The number of carbonyl (C=O) groups excluding carboxylic acids is 1. The number of nitrogens with zero attached hydrogens (tertiary/aromatic N) is 5. The van der Waals surface area contributed by atoms with Crippen molar-refractivity contribution in [2.45, 2.75) is 43.5 Å². The minimum Gasteiger partial charge on any atom is -0.340 e. The number of amides is 1. The minimum absolute atomic E-state index is 0.129. The largest absolute Gasteiger partial charge is 0.340 e. The van der Waals surface area contributed by atoms with Crippen molar-refractivity contribution in [3.63, 3.8) is 0 Å². The number of aryl methyl sites for hydroxylation is 1. The predicted molar refractivity (Wildman–Crippen MR) is 101 cm³/mol. The van der Waals surface area contributed by atoms with E-state index in [0.717, 1.165) is 45.4 Å². The molecule has 0 saturated carbocycles. The Labute approximate surface area is 161 Å². The van der Waals surface area contributed by atoms with E-state index in [1.54, 1.807) is 18.7 Å². The van der Waals surface area contributed by atoms with E-state index in [4.69, 9.17) is 0 Å². The van der Waals surface area contributed by atoms with Gasteiger partial charge in [0.1, 0.15) is 4.90 Å². The summed E-state index contributed by atoms with van der Waals surface area (Å²) in [7, 11) is -1.88. The summed E-state index contributed by atoms with van der Waals surface area (Å²) < 4.78 is 29.2. The highest BCUT2D eigenvalue weighted by atomic mass is 32.2. The number of fused-ring (bicyclic) bond motifs is 1. The molecule has 4 heterocycles. The molecule has 2 atom stereocenters. The van der Waals surface area contributed by atoms with Crippen LogP contribution in [0.5, 0.6) is 0 Å². The van der Waals surface area contributed by atoms with Crippen LogP contribution in [0.3, 0.4) is 0 Å². The van der Waals surface area contributed by atoms with E-state index in [1.807, 2.05) is 4.90 Å². The zero-order valence-electron chi connectivity index (χ0n) is 16.2. The van der Waals surface area contributed by atoms with Crippen molar-refractivity contribution in [2.24, 2.45) is 13.0 Å². The molecule has 0 spiro atoms. The molecule has 0 radical (unpaired) electrons. The average molecular weight is 396 g/mol. The van der Waals surface area contributed by atoms with Gasteiger partial charge in [0.2, 0.25) is 15.9 Å². The molecular formula is C18H29N5O3S. The first-order valence-corrected chi connectivity index (χ1v) is 11.3. The Hall–Kier alpha value is -1.45. The highest BCUT2D eigenvalue weighted by Gasteiger charge is 2.39. The Balaban J connectivity index is 1.46. The van der Waals surface area contributed by atoms with E-state index in [1.165, 1.54) is 16.9 Å². The predicted octanol–water partition coefficient (Wildman–Crippen LogP) is 0.436. The van der Waals surface area contributed by atoms with Gasteiger partial charge in [-0.3, -0.25) is 14.4 Å². The number of sulfonamides is 1. The van der Waals surface area contributed by atoms with Gasteiger partial charge in [0, 0.05) is 45.8 Å². The summed E-state index contributed by atoms with van der Waals surface area (Å²) in [6.45, 7) is 6.15. The first kappa shape index (κ1) is 18.9. The molecule has 0 aromatic carbocycles. The van der Waals surface area contributed by atoms with E-state index < -0.39 is 10.0 Å². The average Bonchev–Trinajstić information content (AvgIpc) is 3.27. The van der Waals surface area contributed by atoms with Gasteiger partial charge >= 0.3 is 0 Å². The number of hydrogen-bond acceptors (Lipinski definition) is 5. The van der Waals surface area contributed by atoms with Crippen molar-refractivity contribution in [1.82, 2.24) is 23.9 Å². The smallest absolute Gasteiger partial charge is 0.246 e. The summed E-state index contributed by atoms with van der Waals surface area (Å²) in [6, 6.07) is 0.490.